The van der Waals surface area contributed by atoms with Gasteiger partial charge in [-0.25, -0.2) is 0 Å². The van der Waals surface area contributed by atoms with E-state index in [-0.39, 0.29) is 5.54 Å². The lowest BCUT2D eigenvalue weighted by Crippen LogP contribution is -2.33. The Morgan fingerprint density at radius 1 is 2.00 bits per heavy atom. The zero-order chi connectivity index (χ0) is 7.07. The van der Waals surface area contributed by atoms with E-state index in [1.807, 2.05) is 13.0 Å². The Bertz CT molecular complexity index is 133. The van der Waals surface area contributed by atoms with Crippen molar-refractivity contribution in [3.05, 3.63) is 12.7 Å². The fraction of sp³-hybridized carbons (Fsp3) is 0.714. The molecule has 1 rings (SSSR count). The maximum atomic E-state index is 5.90. The Hall–Kier alpha value is 0.0500. The van der Waals surface area contributed by atoms with Crippen molar-refractivity contribution in [3.63, 3.8) is 0 Å². The van der Waals surface area contributed by atoms with Crippen LogP contribution in [0.2, 0.25) is 0 Å². The lowest BCUT2D eigenvalue weighted by Gasteiger charge is -2.12. The average Bonchev–Trinajstić information content (AvgIpc) is 2.44. The molecule has 2 heteroatoms. The van der Waals surface area contributed by atoms with Crippen molar-refractivity contribution >= 4 is 12.6 Å². The van der Waals surface area contributed by atoms with Crippen LogP contribution in [0, 0.1) is 5.92 Å². The largest absolute Gasteiger partial charge is 0.324 e. The molecule has 3 atom stereocenters. The van der Waals surface area contributed by atoms with Crippen molar-refractivity contribution in [2.45, 2.75) is 24.1 Å². The highest BCUT2D eigenvalue weighted by Crippen LogP contribution is 2.46. The molecule has 1 nitrogen and oxygen atoms in total. The molecule has 1 aliphatic rings. The second kappa shape index (κ2) is 2.03. The first kappa shape index (κ1) is 7.16. The van der Waals surface area contributed by atoms with Gasteiger partial charge in [0.05, 0.1) is 0 Å². The molecule has 0 bridgehead atoms. The Kier molecular flexibility index (Phi) is 1.61. The summed E-state index contributed by atoms with van der Waals surface area (Å²) in [6.45, 7) is 5.72. The number of nitrogens with two attached hydrogens (primary N) is 1. The molecular formula is C7H13NS. The van der Waals surface area contributed by atoms with Gasteiger partial charge < -0.3 is 5.73 Å². The summed E-state index contributed by atoms with van der Waals surface area (Å²) in [5.41, 5.74) is 5.86. The predicted octanol–water partition coefficient (Wildman–Crippen LogP) is 1.21. The summed E-state index contributed by atoms with van der Waals surface area (Å²) >= 11 is 4.28. The van der Waals surface area contributed by atoms with Gasteiger partial charge in [-0.2, -0.15) is 12.6 Å². The molecule has 2 N–H and O–H groups in total. The van der Waals surface area contributed by atoms with Crippen molar-refractivity contribution in [3.8, 4) is 0 Å². The summed E-state index contributed by atoms with van der Waals surface area (Å²) in [5.74, 6) is 0.505. The third-order valence-corrected chi connectivity index (χ3v) is 2.65. The van der Waals surface area contributed by atoms with E-state index in [1.54, 1.807) is 0 Å². The average molecular weight is 143 g/mol. The molecule has 1 fully saturated rings. The first-order valence-corrected chi connectivity index (χ1v) is 3.72. The van der Waals surface area contributed by atoms with Crippen LogP contribution in [0.3, 0.4) is 0 Å². The first-order chi connectivity index (χ1) is 4.11. The van der Waals surface area contributed by atoms with Gasteiger partial charge in [0.1, 0.15) is 0 Å². The van der Waals surface area contributed by atoms with Crippen LogP contribution < -0.4 is 5.73 Å². The number of hydrogen-bond acceptors (Lipinski definition) is 2. The van der Waals surface area contributed by atoms with Crippen LogP contribution in [0.5, 0.6) is 0 Å². The highest BCUT2D eigenvalue weighted by molar-refractivity contribution is 7.81. The summed E-state index contributed by atoms with van der Waals surface area (Å²) < 4.78 is 0. The third kappa shape index (κ3) is 1.01. The molecule has 0 aromatic rings. The monoisotopic (exact) mass is 143 g/mol. The highest BCUT2D eigenvalue weighted by atomic mass is 32.1. The molecule has 52 valence electrons. The molecule has 0 saturated heterocycles. The Morgan fingerprint density at radius 2 is 2.56 bits per heavy atom. The lowest BCUT2D eigenvalue weighted by molar-refractivity contribution is 0.635. The fourth-order valence-electron chi connectivity index (χ4n) is 1.11. The zero-order valence-electron chi connectivity index (χ0n) is 5.67. The topological polar surface area (TPSA) is 26.0 Å². The van der Waals surface area contributed by atoms with E-state index in [0.717, 1.165) is 6.42 Å². The molecule has 0 radical (unpaired) electrons. The van der Waals surface area contributed by atoms with Gasteiger partial charge in [0.2, 0.25) is 0 Å². The minimum absolute atomic E-state index is 0.0368. The van der Waals surface area contributed by atoms with Crippen LogP contribution in [0.25, 0.3) is 0 Å². The van der Waals surface area contributed by atoms with E-state index in [1.165, 1.54) is 0 Å². The summed E-state index contributed by atoms with van der Waals surface area (Å²) in [7, 11) is 0. The summed E-state index contributed by atoms with van der Waals surface area (Å²) in [6.07, 6.45) is 2.98. The lowest BCUT2D eigenvalue weighted by atomic mass is 10.1. The minimum atomic E-state index is -0.0368. The quantitative estimate of drug-likeness (QED) is 0.441. The second-order valence-electron chi connectivity index (χ2n) is 2.83. The standard InChI is InChI=1S/C7H13NS/c1-3-6-4-7(6,8)5(2)9/h3,5-6,9H,1,4,8H2,2H3. The third-order valence-electron chi connectivity index (χ3n) is 2.17. The molecule has 0 amide bonds. The van der Waals surface area contributed by atoms with Crippen LogP contribution in [0.1, 0.15) is 13.3 Å². The predicted molar refractivity (Wildman–Crippen MR) is 43.7 cm³/mol. The smallest absolute Gasteiger partial charge is 0.0339 e. The molecule has 3 unspecified atom stereocenters. The zero-order valence-corrected chi connectivity index (χ0v) is 6.57. The van der Waals surface area contributed by atoms with Crippen molar-refractivity contribution in [2.24, 2.45) is 11.7 Å². The maximum absolute atomic E-state index is 5.90. The van der Waals surface area contributed by atoms with E-state index in [2.05, 4.69) is 19.2 Å². The Balaban J connectivity index is 2.51. The first-order valence-electron chi connectivity index (χ1n) is 3.20. The van der Waals surface area contributed by atoms with Crippen LogP contribution in [0.4, 0.5) is 0 Å². The van der Waals surface area contributed by atoms with Gasteiger partial charge in [-0.1, -0.05) is 13.0 Å². The minimum Gasteiger partial charge on any atom is -0.324 e. The molecule has 9 heavy (non-hydrogen) atoms. The van der Waals surface area contributed by atoms with E-state index < -0.39 is 0 Å². The van der Waals surface area contributed by atoms with Gasteiger partial charge in [-0.15, -0.1) is 6.58 Å². The molecule has 0 aromatic carbocycles. The summed E-state index contributed by atoms with van der Waals surface area (Å²) in [6, 6.07) is 0. The van der Waals surface area contributed by atoms with E-state index in [4.69, 9.17) is 5.73 Å². The van der Waals surface area contributed by atoms with Crippen LogP contribution in [0.15, 0.2) is 12.7 Å². The van der Waals surface area contributed by atoms with Crippen LogP contribution in [-0.2, 0) is 0 Å². The Morgan fingerprint density at radius 3 is 2.67 bits per heavy atom. The number of rotatable bonds is 2. The van der Waals surface area contributed by atoms with Crippen molar-refractivity contribution < 1.29 is 0 Å². The Labute approximate surface area is 61.7 Å². The molecule has 1 aliphatic carbocycles. The van der Waals surface area contributed by atoms with Crippen molar-refractivity contribution in [1.29, 1.82) is 0 Å². The van der Waals surface area contributed by atoms with Gasteiger partial charge in [-0.05, 0) is 12.3 Å². The van der Waals surface area contributed by atoms with E-state index in [9.17, 15) is 0 Å². The molecule has 0 spiro atoms. The van der Waals surface area contributed by atoms with Gasteiger partial charge in [0, 0.05) is 10.8 Å². The highest BCUT2D eigenvalue weighted by Gasteiger charge is 2.51. The second-order valence-corrected chi connectivity index (χ2v) is 3.61. The van der Waals surface area contributed by atoms with Gasteiger partial charge in [0.25, 0.3) is 0 Å². The summed E-state index contributed by atoms with van der Waals surface area (Å²) in [4.78, 5) is 0. The van der Waals surface area contributed by atoms with E-state index >= 15 is 0 Å². The maximum Gasteiger partial charge on any atom is 0.0339 e. The number of hydrogen-bond donors (Lipinski definition) is 2. The van der Waals surface area contributed by atoms with E-state index in [0.29, 0.717) is 11.2 Å². The molecule has 0 aromatic heterocycles. The van der Waals surface area contributed by atoms with Crippen molar-refractivity contribution in [2.75, 3.05) is 0 Å². The van der Waals surface area contributed by atoms with Gasteiger partial charge in [-0.3, -0.25) is 0 Å². The van der Waals surface area contributed by atoms with Crippen LogP contribution >= 0.6 is 12.6 Å². The SMILES string of the molecule is C=CC1CC1(N)C(C)S. The van der Waals surface area contributed by atoms with Crippen LogP contribution in [-0.4, -0.2) is 10.8 Å². The molecule has 1 saturated carbocycles. The fourth-order valence-corrected chi connectivity index (χ4v) is 1.40. The number of thiol groups is 1. The molecule has 0 aliphatic heterocycles. The summed E-state index contributed by atoms with van der Waals surface area (Å²) in [5, 5.41) is 0.292. The van der Waals surface area contributed by atoms with Gasteiger partial charge >= 0.3 is 0 Å². The molecular weight excluding hydrogens is 130 g/mol. The molecule has 0 heterocycles. The van der Waals surface area contributed by atoms with Crippen molar-refractivity contribution in [1.82, 2.24) is 0 Å². The van der Waals surface area contributed by atoms with Gasteiger partial charge in [0.15, 0.2) is 0 Å². The normalized spacial score (nSPS) is 44.1.